The van der Waals surface area contributed by atoms with Crippen molar-refractivity contribution in [1.29, 1.82) is 0 Å². The van der Waals surface area contributed by atoms with E-state index < -0.39 is 7.14 Å². The summed E-state index contributed by atoms with van der Waals surface area (Å²) in [5, 5.41) is 1.75. The predicted octanol–water partition coefficient (Wildman–Crippen LogP) is 5.03. The summed E-state index contributed by atoms with van der Waals surface area (Å²) >= 11 is 0. The summed E-state index contributed by atoms with van der Waals surface area (Å²) < 4.78 is 14.5. The second-order valence-corrected chi connectivity index (χ2v) is 8.70. The Labute approximate surface area is 150 Å². The molecule has 4 rings (SSSR count). The Kier molecular flexibility index (Phi) is 4.59. The van der Waals surface area contributed by atoms with Crippen LogP contribution >= 0.6 is 7.14 Å². The maximum absolute atomic E-state index is 14.5. The molecule has 0 bridgehead atoms. The first-order valence-corrected chi connectivity index (χ1v) is 10.0. The van der Waals surface area contributed by atoms with E-state index in [-0.39, 0.29) is 0 Å². The molecule has 1 nitrogen and oxygen atoms in total. The summed E-state index contributed by atoms with van der Waals surface area (Å²) in [4.78, 5) is 0. The molecule has 1 saturated carbocycles. The molecular weight excluding hydrogens is 323 g/mol. The first-order chi connectivity index (χ1) is 12.3. The highest BCUT2D eigenvalue weighted by Gasteiger charge is 2.40. The van der Waals surface area contributed by atoms with E-state index in [9.17, 15) is 4.57 Å². The Morgan fingerprint density at radius 3 is 1.84 bits per heavy atom. The molecule has 25 heavy (non-hydrogen) atoms. The van der Waals surface area contributed by atoms with Gasteiger partial charge in [0.05, 0.1) is 5.66 Å². The fraction of sp³-hybridized carbons (Fsp3) is 0. The van der Waals surface area contributed by atoms with Gasteiger partial charge in [0.25, 0.3) is 0 Å². The van der Waals surface area contributed by atoms with Gasteiger partial charge in [-0.15, -0.1) is 0 Å². The van der Waals surface area contributed by atoms with Crippen LogP contribution in [0.4, 0.5) is 0 Å². The quantitative estimate of drug-likeness (QED) is 0.608. The van der Waals surface area contributed by atoms with Crippen molar-refractivity contribution in [2.45, 2.75) is 0 Å². The summed E-state index contributed by atoms with van der Waals surface area (Å²) in [7, 11) is -2.93. The Balaban J connectivity index is 1.94. The van der Waals surface area contributed by atoms with Gasteiger partial charge < -0.3 is 4.57 Å². The van der Waals surface area contributed by atoms with Gasteiger partial charge in [-0.2, -0.15) is 0 Å². The van der Waals surface area contributed by atoms with Crippen molar-refractivity contribution in [3.8, 4) is 11.1 Å². The zero-order valence-electron chi connectivity index (χ0n) is 13.7. The highest BCUT2D eigenvalue weighted by molar-refractivity contribution is 7.82. The lowest BCUT2D eigenvalue weighted by Crippen LogP contribution is -2.22. The summed E-state index contributed by atoms with van der Waals surface area (Å²) in [6.45, 7) is 0. The highest BCUT2D eigenvalue weighted by Crippen LogP contribution is 2.59. The zero-order valence-corrected chi connectivity index (χ0v) is 14.6. The zero-order chi connectivity index (χ0) is 17.1. The third-order valence-corrected chi connectivity index (χ3v) is 7.58. The predicted molar refractivity (Wildman–Crippen MR) is 106 cm³/mol. The molecule has 0 spiro atoms. The third kappa shape index (κ3) is 2.98. The van der Waals surface area contributed by atoms with Gasteiger partial charge in [-0.1, -0.05) is 84.9 Å². The first-order valence-electron chi connectivity index (χ1n) is 8.33. The monoisotopic (exact) mass is 341 g/mol. The number of rotatable bonds is 4. The van der Waals surface area contributed by atoms with Gasteiger partial charge in [0.15, 0.2) is 7.14 Å². The summed E-state index contributed by atoms with van der Waals surface area (Å²) in [5.41, 5.74) is 2.99. The SMILES string of the molecule is O=[P@@]([C]1[CH][CH][CH][CH]1)(c1ccccc1)c1ccccc1-c1ccccc1. The molecule has 0 N–H and O–H groups in total. The lowest BCUT2D eigenvalue weighted by atomic mass is 10.1. The molecule has 3 aromatic rings. The molecule has 0 saturated heterocycles. The minimum absolute atomic E-state index is 0.865. The lowest BCUT2D eigenvalue weighted by molar-refractivity contribution is 0.589. The van der Waals surface area contributed by atoms with Crippen LogP contribution in [0.2, 0.25) is 0 Å². The topological polar surface area (TPSA) is 17.1 Å². The largest absolute Gasteiger partial charge is 0.313 e. The van der Waals surface area contributed by atoms with E-state index >= 15 is 0 Å². The highest BCUT2D eigenvalue weighted by atomic mass is 31.2. The molecule has 121 valence electrons. The molecule has 0 aromatic heterocycles. The molecule has 0 aliphatic heterocycles. The van der Waals surface area contributed by atoms with Crippen molar-refractivity contribution in [3.63, 3.8) is 0 Å². The van der Waals surface area contributed by atoms with E-state index in [1.807, 2.05) is 92.4 Å². The van der Waals surface area contributed by atoms with Crippen molar-refractivity contribution < 1.29 is 4.57 Å². The average Bonchev–Trinajstić information content (AvgIpc) is 3.24. The molecule has 5 radical (unpaired) electrons. The van der Waals surface area contributed by atoms with Gasteiger partial charge in [0.1, 0.15) is 0 Å². The van der Waals surface area contributed by atoms with E-state index in [1.165, 1.54) is 0 Å². The van der Waals surface area contributed by atoms with Crippen LogP contribution in [0.15, 0.2) is 84.9 Å². The second kappa shape index (κ2) is 7.02. The molecule has 0 unspecified atom stereocenters. The average molecular weight is 341 g/mol. The lowest BCUT2D eigenvalue weighted by Gasteiger charge is -2.27. The van der Waals surface area contributed by atoms with E-state index in [4.69, 9.17) is 0 Å². The number of hydrogen-bond donors (Lipinski definition) is 0. The maximum atomic E-state index is 14.5. The van der Waals surface area contributed by atoms with Crippen molar-refractivity contribution >= 4 is 17.8 Å². The van der Waals surface area contributed by atoms with Gasteiger partial charge in [0, 0.05) is 10.6 Å². The van der Waals surface area contributed by atoms with E-state index in [0.29, 0.717) is 0 Å². The van der Waals surface area contributed by atoms with E-state index in [0.717, 1.165) is 27.4 Å². The Morgan fingerprint density at radius 1 is 0.600 bits per heavy atom. The van der Waals surface area contributed by atoms with Gasteiger partial charge >= 0.3 is 0 Å². The first kappa shape index (κ1) is 16.4. The van der Waals surface area contributed by atoms with Crippen LogP contribution < -0.4 is 10.6 Å². The van der Waals surface area contributed by atoms with Gasteiger partial charge in [-0.25, -0.2) is 0 Å². The second-order valence-electron chi connectivity index (χ2n) is 5.97. The van der Waals surface area contributed by atoms with Crippen LogP contribution in [0.3, 0.4) is 0 Å². The molecule has 0 amide bonds. The van der Waals surface area contributed by atoms with Gasteiger partial charge in [0.2, 0.25) is 0 Å². The summed E-state index contributed by atoms with van der Waals surface area (Å²) in [6, 6.07) is 28.0. The standard InChI is InChI=1S/C23H18OP/c24-25(21-15-7-8-16-21,20-13-5-2-6-14-20)23-18-10-9-17-22(23)19-11-3-1-4-12-19/h1-18H/t25-/m1/s1. The van der Waals surface area contributed by atoms with Crippen LogP contribution in [0.1, 0.15) is 0 Å². The summed E-state index contributed by atoms with van der Waals surface area (Å²) in [5.74, 6) is 0. The van der Waals surface area contributed by atoms with Crippen LogP contribution in [-0.2, 0) is 4.57 Å². The smallest absolute Gasteiger partial charge is 0.151 e. The Bertz CT molecular complexity index is 880. The van der Waals surface area contributed by atoms with Crippen LogP contribution in [0.5, 0.6) is 0 Å². The van der Waals surface area contributed by atoms with Crippen LogP contribution in [-0.4, -0.2) is 0 Å². The fourth-order valence-electron chi connectivity index (χ4n) is 3.25. The molecule has 1 fully saturated rings. The summed E-state index contributed by atoms with van der Waals surface area (Å²) in [6.07, 6.45) is 7.84. The van der Waals surface area contributed by atoms with Crippen LogP contribution in [0.25, 0.3) is 11.1 Å². The van der Waals surface area contributed by atoms with Crippen molar-refractivity contribution in [3.05, 3.63) is 116 Å². The maximum Gasteiger partial charge on any atom is 0.151 e. The molecule has 0 heterocycles. The normalized spacial score (nSPS) is 17.3. The minimum atomic E-state index is -2.93. The molecule has 1 aliphatic carbocycles. The molecule has 1 aliphatic rings. The fourth-order valence-corrected chi connectivity index (χ4v) is 6.13. The van der Waals surface area contributed by atoms with E-state index in [1.54, 1.807) is 0 Å². The number of hydrogen-bond acceptors (Lipinski definition) is 1. The number of benzene rings is 3. The van der Waals surface area contributed by atoms with Crippen molar-refractivity contribution in [2.24, 2.45) is 0 Å². The van der Waals surface area contributed by atoms with E-state index in [2.05, 4.69) is 18.2 Å². The Morgan fingerprint density at radius 2 is 1.16 bits per heavy atom. The van der Waals surface area contributed by atoms with Gasteiger partial charge in [-0.3, -0.25) is 0 Å². The molecule has 3 aromatic carbocycles. The molecule has 1 atom stereocenters. The third-order valence-electron chi connectivity index (χ3n) is 4.46. The molecule has 2 heteroatoms. The molecular formula is C23H18OP. The van der Waals surface area contributed by atoms with Gasteiger partial charge in [-0.05, 0) is 36.8 Å². The van der Waals surface area contributed by atoms with Crippen molar-refractivity contribution in [2.75, 3.05) is 0 Å². The van der Waals surface area contributed by atoms with Crippen molar-refractivity contribution in [1.82, 2.24) is 0 Å². The van der Waals surface area contributed by atoms with Crippen LogP contribution in [0, 0.1) is 31.3 Å². The minimum Gasteiger partial charge on any atom is -0.313 e. The Hall–Kier alpha value is -2.11.